The van der Waals surface area contributed by atoms with Crippen molar-refractivity contribution in [3.8, 4) is 17.1 Å². The molecule has 0 aliphatic carbocycles. The van der Waals surface area contributed by atoms with E-state index in [1.165, 1.54) is 24.5 Å². The second-order valence-corrected chi connectivity index (χ2v) is 11.0. The molecule has 5 aromatic rings. The average molecular weight is 682 g/mol. The lowest BCUT2D eigenvalue weighted by Crippen LogP contribution is -2.16. The van der Waals surface area contributed by atoms with Crippen molar-refractivity contribution in [2.45, 2.75) is 13.0 Å². The van der Waals surface area contributed by atoms with Crippen LogP contribution in [0.5, 0.6) is 5.75 Å². The van der Waals surface area contributed by atoms with E-state index in [1.807, 2.05) is 0 Å². The topological polar surface area (TPSA) is 121 Å². The third-order valence-electron chi connectivity index (χ3n) is 5.57. The van der Waals surface area contributed by atoms with Crippen molar-refractivity contribution in [1.82, 2.24) is 4.98 Å². The van der Waals surface area contributed by atoms with E-state index in [9.17, 15) is 18.4 Å². The number of hydrogen-bond donors (Lipinski definition) is 2. The van der Waals surface area contributed by atoms with E-state index >= 15 is 0 Å². The lowest BCUT2D eigenvalue weighted by molar-refractivity contribution is 0.0992. The summed E-state index contributed by atoms with van der Waals surface area (Å²) in [4.78, 5) is 29.3. The first-order valence-electron chi connectivity index (χ1n) is 11.1. The van der Waals surface area contributed by atoms with Gasteiger partial charge in [-0.1, -0.05) is 58.0 Å². The number of nitrogens with one attached hydrogen (secondary N) is 1. The van der Waals surface area contributed by atoms with E-state index in [0.29, 0.717) is 0 Å². The minimum absolute atomic E-state index is 0.0413. The van der Waals surface area contributed by atoms with E-state index in [0.717, 1.165) is 17.4 Å². The predicted octanol–water partition coefficient (Wildman–Crippen LogP) is 9.28. The summed E-state index contributed by atoms with van der Waals surface area (Å²) in [6.07, 6.45) is -1.55. The first kappa shape index (κ1) is 29.4. The molecule has 0 aliphatic rings. The van der Waals surface area contributed by atoms with Gasteiger partial charge in [0.05, 0.1) is 27.0 Å². The van der Waals surface area contributed by atoms with Crippen LogP contribution >= 0.6 is 69.3 Å². The highest BCUT2D eigenvalue weighted by atomic mass is 35.5. The zero-order chi connectivity index (χ0) is 29.6. The number of pyridine rings is 1. The van der Waals surface area contributed by atoms with Crippen LogP contribution in [0.2, 0.25) is 25.1 Å². The van der Waals surface area contributed by atoms with E-state index in [2.05, 4.69) is 10.3 Å². The molecule has 212 valence electrons. The number of ether oxygens (including phenoxy) is 1. The lowest BCUT2D eigenvalue weighted by Gasteiger charge is -2.12. The molecule has 0 unspecified atom stereocenters. The van der Waals surface area contributed by atoms with Crippen molar-refractivity contribution in [3.05, 3.63) is 83.8 Å². The number of thiophene rings is 1. The molecular formula is C25H12Cl5F2N3O5S. The Bertz CT molecular complexity index is 1800. The molecule has 41 heavy (non-hydrogen) atoms. The van der Waals surface area contributed by atoms with Crippen LogP contribution in [0, 0.1) is 0 Å². The summed E-state index contributed by atoms with van der Waals surface area (Å²) in [7, 11) is 0. The van der Waals surface area contributed by atoms with E-state index in [1.54, 1.807) is 6.07 Å². The van der Waals surface area contributed by atoms with Crippen LogP contribution in [0.3, 0.4) is 0 Å². The van der Waals surface area contributed by atoms with Crippen molar-refractivity contribution in [3.63, 3.8) is 0 Å². The minimum atomic E-state index is -2.90. The van der Waals surface area contributed by atoms with Gasteiger partial charge in [-0.15, -0.1) is 11.3 Å². The van der Waals surface area contributed by atoms with Gasteiger partial charge in [-0.05, 0) is 30.3 Å². The van der Waals surface area contributed by atoms with Gasteiger partial charge in [0, 0.05) is 10.9 Å². The van der Waals surface area contributed by atoms with Gasteiger partial charge in [-0.2, -0.15) is 0 Å². The van der Waals surface area contributed by atoms with Gasteiger partial charge in [0.2, 0.25) is 0 Å². The van der Waals surface area contributed by atoms with Gasteiger partial charge >= 0.3 is 0 Å². The van der Waals surface area contributed by atoms with E-state index in [4.69, 9.17) is 77.3 Å². The molecule has 0 atom stereocenters. The number of primary amides is 1. The third kappa shape index (κ3) is 5.57. The summed E-state index contributed by atoms with van der Waals surface area (Å²) in [5.74, 6) is -1.54. The van der Waals surface area contributed by atoms with Gasteiger partial charge in [0.15, 0.2) is 11.5 Å². The van der Waals surface area contributed by atoms with Crippen LogP contribution in [0.25, 0.3) is 21.5 Å². The first-order valence-corrected chi connectivity index (χ1v) is 13.8. The van der Waals surface area contributed by atoms with Crippen LogP contribution in [-0.4, -0.2) is 16.8 Å². The summed E-state index contributed by atoms with van der Waals surface area (Å²) in [6.45, 7) is -0.238. The molecule has 0 radical (unpaired) electrons. The Morgan fingerprint density at radius 1 is 1.05 bits per heavy atom. The number of carbonyl (C=O) groups is 2. The van der Waals surface area contributed by atoms with Crippen molar-refractivity contribution in [2.75, 3.05) is 5.32 Å². The molecular weight excluding hydrogens is 670 g/mol. The molecule has 0 bridgehead atoms. The summed E-state index contributed by atoms with van der Waals surface area (Å²) in [5, 5.41) is 2.46. The molecule has 8 nitrogen and oxygen atoms in total. The zero-order valence-electron chi connectivity index (χ0n) is 19.9. The molecule has 0 saturated heterocycles. The summed E-state index contributed by atoms with van der Waals surface area (Å²) in [5.41, 5.74) is 5.14. The number of carbonyl (C=O) groups excluding carboxylic acids is 2. The van der Waals surface area contributed by atoms with E-state index in [-0.39, 0.29) is 81.1 Å². The molecule has 2 amide bonds. The quantitative estimate of drug-likeness (QED) is 0.124. The molecule has 3 N–H and O–H groups in total. The van der Waals surface area contributed by atoms with Crippen LogP contribution in [0.15, 0.2) is 45.4 Å². The number of nitrogens with two attached hydrogens (primary N) is 1. The highest BCUT2D eigenvalue weighted by molar-refractivity contribution is 7.21. The van der Waals surface area contributed by atoms with Crippen LogP contribution < -0.4 is 15.8 Å². The number of rotatable bonds is 8. The molecule has 0 spiro atoms. The largest absolute Gasteiger partial charge is 0.482 e. The van der Waals surface area contributed by atoms with Gasteiger partial charge in [-0.3, -0.25) is 9.59 Å². The number of furan rings is 2. The van der Waals surface area contributed by atoms with Crippen molar-refractivity contribution < 1.29 is 31.9 Å². The first-order chi connectivity index (χ1) is 19.5. The van der Waals surface area contributed by atoms with Crippen LogP contribution in [-0.2, 0) is 6.61 Å². The fraction of sp³-hybridized carbons (Fsp3) is 0.0800. The monoisotopic (exact) mass is 679 g/mol. The molecule has 1 aromatic carbocycles. The Hall–Kier alpha value is -3.06. The second-order valence-electron chi connectivity index (χ2n) is 8.13. The molecule has 5 rings (SSSR count). The number of alkyl halides is 2. The number of fused-ring (bicyclic) bond motifs is 1. The van der Waals surface area contributed by atoms with Gasteiger partial charge < -0.3 is 24.6 Å². The highest BCUT2D eigenvalue weighted by Crippen LogP contribution is 2.48. The second kappa shape index (κ2) is 11.7. The van der Waals surface area contributed by atoms with Gasteiger partial charge in [-0.25, -0.2) is 13.8 Å². The summed E-state index contributed by atoms with van der Waals surface area (Å²) in [6, 6.07) is 7.00. The standard InChI is InChI=1S/C25H12Cl5F2N3O5S/c26-14-15(27)17(29)20(18(30)16(14)28)39-7-8-3-4-12(40-8)24(37)35-19-13-9(11-2-1-5-38-11)6-10(22(31)32)34-25(13)41-21(19)23(33)36/h1-6,22H,7H2,(H2,33,36)(H,35,37). The Morgan fingerprint density at radius 2 is 1.73 bits per heavy atom. The number of halogens is 7. The summed E-state index contributed by atoms with van der Waals surface area (Å²) >= 11 is 31.2. The molecule has 0 aliphatic heterocycles. The maximum Gasteiger partial charge on any atom is 0.291 e. The zero-order valence-corrected chi connectivity index (χ0v) is 24.5. The Labute approximate surface area is 257 Å². The van der Waals surface area contributed by atoms with Crippen molar-refractivity contribution in [1.29, 1.82) is 0 Å². The molecule has 0 saturated carbocycles. The molecule has 0 fully saturated rings. The fourth-order valence-electron chi connectivity index (χ4n) is 3.76. The van der Waals surface area contributed by atoms with Crippen LogP contribution in [0.4, 0.5) is 14.5 Å². The number of aromatic nitrogens is 1. The normalized spacial score (nSPS) is 11.4. The van der Waals surface area contributed by atoms with Crippen LogP contribution in [0.1, 0.15) is 38.1 Å². The highest BCUT2D eigenvalue weighted by Gasteiger charge is 2.27. The third-order valence-corrected chi connectivity index (χ3v) is 8.91. The number of amides is 2. The Morgan fingerprint density at radius 3 is 2.34 bits per heavy atom. The summed E-state index contributed by atoms with van der Waals surface area (Å²) < 4.78 is 43.8. The molecule has 4 heterocycles. The average Bonchev–Trinajstić information content (AvgIpc) is 3.71. The maximum absolute atomic E-state index is 13.6. The van der Waals surface area contributed by atoms with Crippen molar-refractivity contribution in [2.24, 2.45) is 5.73 Å². The smallest absolute Gasteiger partial charge is 0.291 e. The molecule has 4 aromatic heterocycles. The minimum Gasteiger partial charge on any atom is -0.482 e. The van der Waals surface area contributed by atoms with Gasteiger partial charge in [0.1, 0.15) is 43.6 Å². The fourth-order valence-corrected chi connectivity index (χ4v) is 6.00. The van der Waals surface area contributed by atoms with Gasteiger partial charge in [0.25, 0.3) is 18.2 Å². The number of nitrogens with zero attached hydrogens (tertiary/aromatic N) is 1. The van der Waals surface area contributed by atoms with E-state index < -0.39 is 23.9 Å². The number of hydrogen-bond acceptors (Lipinski definition) is 7. The number of benzene rings is 1. The Balaban J connectivity index is 1.46. The van der Waals surface area contributed by atoms with Crippen molar-refractivity contribution >= 4 is 97.1 Å². The predicted molar refractivity (Wildman–Crippen MR) is 153 cm³/mol. The lowest BCUT2D eigenvalue weighted by atomic mass is 10.1. The maximum atomic E-state index is 13.6. The molecule has 16 heteroatoms. The Kier molecular flexibility index (Phi) is 8.38. The number of anilines is 1. The SMILES string of the molecule is NC(=O)c1sc2nc(C(F)F)cc(-c3ccco3)c2c1NC(=O)c1ccc(COc2c(Cl)c(Cl)c(Cl)c(Cl)c2Cl)o1.